The summed E-state index contributed by atoms with van der Waals surface area (Å²) in [4.78, 5) is 0. The summed E-state index contributed by atoms with van der Waals surface area (Å²) in [5, 5.41) is 0. The third-order valence-corrected chi connectivity index (χ3v) is 3.66. The van der Waals surface area contributed by atoms with Crippen LogP contribution in [0, 0.1) is 11.8 Å². The van der Waals surface area contributed by atoms with Gasteiger partial charge < -0.3 is 10.5 Å². The van der Waals surface area contributed by atoms with E-state index in [1.54, 1.807) is 0 Å². The van der Waals surface area contributed by atoms with E-state index < -0.39 is 0 Å². The van der Waals surface area contributed by atoms with Gasteiger partial charge in [0.2, 0.25) is 0 Å². The number of rotatable bonds is 7. The Bertz CT molecular complexity index is 653. The molecule has 0 fully saturated rings. The minimum absolute atomic E-state index is 0.751. The van der Waals surface area contributed by atoms with Gasteiger partial charge in [-0.1, -0.05) is 49.5 Å². The molecule has 0 atom stereocenters. The molecule has 0 saturated carbocycles. The van der Waals surface area contributed by atoms with Crippen LogP contribution in [0.2, 0.25) is 0 Å². The average Bonchev–Trinajstić information content (AvgIpc) is 2.58. The van der Waals surface area contributed by atoms with Gasteiger partial charge in [-0.2, -0.15) is 0 Å². The van der Waals surface area contributed by atoms with Gasteiger partial charge in [-0.05, 0) is 43.5 Å². The van der Waals surface area contributed by atoms with Crippen LogP contribution in [0.15, 0.2) is 48.5 Å². The van der Waals surface area contributed by atoms with Crippen LogP contribution in [-0.4, -0.2) is 6.61 Å². The molecule has 0 bridgehead atoms. The molecule has 0 amide bonds. The van der Waals surface area contributed by atoms with E-state index in [2.05, 4.69) is 18.8 Å². The summed E-state index contributed by atoms with van der Waals surface area (Å²) in [5.41, 5.74) is 9.11. The smallest absolute Gasteiger partial charge is 0.124 e. The molecular weight excluding hydrogens is 282 g/mol. The molecule has 2 N–H and O–H groups in total. The van der Waals surface area contributed by atoms with Crippen molar-refractivity contribution in [1.29, 1.82) is 0 Å². The molecule has 0 radical (unpaired) electrons. The number of benzene rings is 2. The SMILES string of the molecule is CCCCOc1cccc(N)c1CCCC#Cc1ccccc1. The van der Waals surface area contributed by atoms with Crippen LogP contribution in [-0.2, 0) is 6.42 Å². The second kappa shape index (κ2) is 9.58. The van der Waals surface area contributed by atoms with Crippen molar-refractivity contribution in [3.05, 3.63) is 59.7 Å². The van der Waals surface area contributed by atoms with E-state index in [-0.39, 0.29) is 0 Å². The first-order chi connectivity index (χ1) is 11.3. The Morgan fingerprint density at radius 2 is 1.83 bits per heavy atom. The first-order valence-corrected chi connectivity index (χ1v) is 8.35. The van der Waals surface area contributed by atoms with Gasteiger partial charge in [0.15, 0.2) is 0 Å². The van der Waals surface area contributed by atoms with Crippen LogP contribution >= 0.6 is 0 Å². The van der Waals surface area contributed by atoms with Gasteiger partial charge in [-0.3, -0.25) is 0 Å². The van der Waals surface area contributed by atoms with E-state index in [1.165, 1.54) is 0 Å². The lowest BCUT2D eigenvalue weighted by Gasteiger charge is -2.13. The van der Waals surface area contributed by atoms with Gasteiger partial charge >= 0.3 is 0 Å². The third kappa shape index (κ3) is 5.71. The molecule has 2 aromatic rings. The van der Waals surface area contributed by atoms with Gasteiger partial charge in [-0.25, -0.2) is 0 Å². The van der Waals surface area contributed by atoms with Gasteiger partial charge in [0, 0.05) is 23.2 Å². The molecule has 0 aromatic heterocycles. The number of nitrogen functional groups attached to an aromatic ring is 1. The van der Waals surface area contributed by atoms with Crippen LogP contribution in [0.4, 0.5) is 5.69 Å². The fraction of sp³-hybridized carbons (Fsp3) is 0.333. The van der Waals surface area contributed by atoms with Crippen LogP contribution in [0.5, 0.6) is 5.75 Å². The fourth-order valence-corrected chi connectivity index (χ4v) is 2.35. The molecule has 0 aliphatic carbocycles. The summed E-state index contributed by atoms with van der Waals surface area (Å²) >= 11 is 0. The molecule has 120 valence electrons. The molecule has 0 aliphatic heterocycles. The van der Waals surface area contributed by atoms with Crippen molar-refractivity contribution in [2.24, 2.45) is 0 Å². The van der Waals surface area contributed by atoms with E-state index in [0.29, 0.717) is 0 Å². The number of ether oxygens (including phenoxy) is 1. The molecule has 0 spiro atoms. The van der Waals surface area contributed by atoms with Gasteiger partial charge in [0.25, 0.3) is 0 Å². The van der Waals surface area contributed by atoms with Crippen molar-refractivity contribution < 1.29 is 4.74 Å². The van der Waals surface area contributed by atoms with Crippen LogP contribution < -0.4 is 10.5 Å². The molecule has 2 rings (SSSR count). The van der Waals surface area contributed by atoms with E-state index in [1.807, 2.05) is 48.5 Å². The Kier molecular flexibility index (Phi) is 7.07. The van der Waals surface area contributed by atoms with Gasteiger partial charge in [-0.15, -0.1) is 0 Å². The predicted molar refractivity (Wildman–Crippen MR) is 97.5 cm³/mol. The Hall–Kier alpha value is -2.40. The number of hydrogen-bond acceptors (Lipinski definition) is 2. The third-order valence-electron chi connectivity index (χ3n) is 3.66. The summed E-state index contributed by atoms with van der Waals surface area (Å²) in [7, 11) is 0. The molecule has 0 heterocycles. The molecule has 2 nitrogen and oxygen atoms in total. The van der Waals surface area contributed by atoms with Gasteiger partial charge in [0.1, 0.15) is 5.75 Å². The fourth-order valence-electron chi connectivity index (χ4n) is 2.35. The van der Waals surface area contributed by atoms with Crippen LogP contribution in [0.25, 0.3) is 0 Å². The summed E-state index contributed by atoms with van der Waals surface area (Å²) in [6, 6.07) is 16.0. The summed E-state index contributed by atoms with van der Waals surface area (Å²) in [6.45, 7) is 2.91. The minimum Gasteiger partial charge on any atom is -0.493 e. The zero-order valence-electron chi connectivity index (χ0n) is 13.8. The lowest BCUT2D eigenvalue weighted by molar-refractivity contribution is 0.306. The van der Waals surface area contributed by atoms with E-state index in [0.717, 1.165) is 61.3 Å². The molecule has 2 heteroatoms. The van der Waals surface area contributed by atoms with Crippen molar-refractivity contribution in [2.45, 2.75) is 39.0 Å². The highest BCUT2D eigenvalue weighted by Crippen LogP contribution is 2.26. The standard InChI is InChI=1S/C21H25NO/c1-2-3-17-23-21-16-10-15-20(22)19(21)14-9-5-8-13-18-11-6-4-7-12-18/h4,6-7,10-12,15-16H,2-3,5,9,14,17,22H2,1H3. The quantitative estimate of drug-likeness (QED) is 0.452. The van der Waals surface area contributed by atoms with Gasteiger partial charge in [0.05, 0.1) is 6.61 Å². The summed E-state index contributed by atoms with van der Waals surface area (Å²) in [6.07, 6.45) is 4.94. The van der Waals surface area contributed by atoms with E-state index in [4.69, 9.17) is 10.5 Å². The number of nitrogens with two attached hydrogens (primary N) is 1. The number of anilines is 1. The highest BCUT2D eigenvalue weighted by Gasteiger charge is 2.07. The number of hydrogen-bond donors (Lipinski definition) is 1. The average molecular weight is 307 g/mol. The van der Waals surface area contributed by atoms with Crippen molar-refractivity contribution in [2.75, 3.05) is 12.3 Å². The zero-order valence-corrected chi connectivity index (χ0v) is 13.8. The van der Waals surface area contributed by atoms with Crippen molar-refractivity contribution >= 4 is 5.69 Å². The molecule has 2 aromatic carbocycles. The van der Waals surface area contributed by atoms with Crippen molar-refractivity contribution in [3.8, 4) is 17.6 Å². The molecule has 0 saturated heterocycles. The minimum atomic E-state index is 0.751. The van der Waals surface area contributed by atoms with Crippen LogP contribution in [0.3, 0.4) is 0 Å². The zero-order chi connectivity index (χ0) is 16.3. The largest absolute Gasteiger partial charge is 0.493 e. The Morgan fingerprint density at radius 3 is 2.61 bits per heavy atom. The molecular formula is C21H25NO. The predicted octanol–water partition coefficient (Wildman–Crippen LogP) is 4.82. The maximum Gasteiger partial charge on any atom is 0.124 e. The lowest BCUT2D eigenvalue weighted by Crippen LogP contribution is -2.03. The topological polar surface area (TPSA) is 35.2 Å². The Morgan fingerprint density at radius 1 is 1.00 bits per heavy atom. The van der Waals surface area contributed by atoms with Crippen molar-refractivity contribution in [3.63, 3.8) is 0 Å². The molecule has 0 aliphatic rings. The van der Waals surface area contributed by atoms with E-state index in [9.17, 15) is 0 Å². The van der Waals surface area contributed by atoms with Crippen molar-refractivity contribution in [1.82, 2.24) is 0 Å². The second-order valence-corrected chi connectivity index (χ2v) is 5.55. The monoisotopic (exact) mass is 307 g/mol. The Labute approximate surface area is 139 Å². The lowest BCUT2D eigenvalue weighted by atomic mass is 10.0. The van der Waals surface area contributed by atoms with E-state index >= 15 is 0 Å². The summed E-state index contributed by atoms with van der Waals surface area (Å²) < 4.78 is 5.87. The van der Waals surface area contributed by atoms with Crippen LogP contribution in [0.1, 0.15) is 43.7 Å². The highest BCUT2D eigenvalue weighted by atomic mass is 16.5. The number of unbranched alkanes of at least 4 members (excludes halogenated alkanes) is 2. The second-order valence-electron chi connectivity index (χ2n) is 5.55. The first kappa shape index (κ1) is 17.0. The maximum atomic E-state index is 6.12. The summed E-state index contributed by atoms with van der Waals surface area (Å²) in [5.74, 6) is 7.35. The first-order valence-electron chi connectivity index (χ1n) is 8.35. The molecule has 23 heavy (non-hydrogen) atoms. The molecule has 0 unspecified atom stereocenters. The highest BCUT2D eigenvalue weighted by molar-refractivity contribution is 5.54. The maximum absolute atomic E-state index is 6.12. The normalized spacial score (nSPS) is 9.96. The Balaban J connectivity index is 1.88.